The Morgan fingerprint density at radius 1 is 1.21 bits per heavy atom. The largest absolute Gasteiger partial charge is 0.345 e. The van der Waals surface area contributed by atoms with Crippen LogP contribution in [0.1, 0.15) is 23.9 Å². The monoisotopic (exact) mass is 460 g/mol. The second kappa shape index (κ2) is 7.15. The van der Waals surface area contributed by atoms with Gasteiger partial charge in [0.1, 0.15) is 35.2 Å². The lowest BCUT2D eigenvalue weighted by molar-refractivity contribution is 0.424. The first-order valence-corrected chi connectivity index (χ1v) is 10.5. The van der Waals surface area contributed by atoms with Crippen molar-refractivity contribution in [3.05, 3.63) is 81.6 Å². The first kappa shape index (κ1) is 19.5. The van der Waals surface area contributed by atoms with Crippen molar-refractivity contribution in [3.8, 4) is 11.8 Å². The Labute approximate surface area is 190 Å². The summed E-state index contributed by atoms with van der Waals surface area (Å²) in [5, 5.41) is 15.1. The van der Waals surface area contributed by atoms with Crippen molar-refractivity contribution in [2.24, 2.45) is 0 Å². The van der Waals surface area contributed by atoms with Gasteiger partial charge in [0.2, 0.25) is 0 Å². The normalized spacial score (nSPS) is 15.7. The third kappa shape index (κ3) is 2.83. The molecule has 0 bridgehead atoms. The highest BCUT2D eigenvalue weighted by atomic mass is 35.5. The number of halogens is 2. The van der Waals surface area contributed by atoms with E-state index in [9.17, 15) is 14.4 Å². The Morgan fingerprint density at radius 2 is 2.03 bits per heavy atom. The Morgan fingerprint density at radius 3 is 2.76 bits per heavy atom. The van der Waals surface area contributed by atoms with Crippen LogP contribution >= 0.6 is 11.6 Å². The zero-order chi connectivity index (χ0) is 22.7. The first-order chi connectivity index (χ1) is 16.1. The van der Waals surface area contributed by atoms with E-state index in [0.29, 0.717) is 46.9 Å². The summed E-state index contributed by atoms with van der Waals surface area (Å²) in [5.74, 6) is 0.631. The van der Waals surface area contributed by atoms with Gasteiger partial charge in [-0.25, -0.2) is 18.9 Å². The molecule has 0 unspecified atom stereocenters. The van der Waals surface area contributed by atoms with Crippen molar-refractivity contribution in [3.63, 3.8) is 0 Å². The van der Waals surface area contributed by atoms with Crippen LogP contribution in [0.25, 0.3) is 22.2 Å². The van der Waals surface area contributed by atoms with E-state index in [0.717, 1.165) is 0 Å². The van der Waals surface area contributed by atoms with Crippen molar-refractivity contribution in [1.29, 1.82) is 5.26 Å². The molecule has 6 rings (SSSR count). The Kier molecular flexibility index (Phi) is 4.21. The highest BCUT2D eigenvalue weighted by Gasteiger charge is 2.37. The molecule has 1 saturated heterocycles. The van der Waals surface area contributed by atoms with Gasteiger partial charge in [-0.15, -0.1) is 0 Å². The summed E-state index contributed by atoms with van der Waals surface area (Å²) in [6.07, 6.45) is 5.35. The van der Waals surface area contributed by atoms with Gasteiger partial charge in [-0.1, -0.05) is 11.6 Å². The lowest BCUT2D eigenvalue weighted by atomic mass is 10.0. The van der Waals surface area contributed by atoms with Gasteiger partial charge in [0, 0.05) is 18.9 Å². The summed E-state index contributed by atoms with van der Waals surface area (Å²) in [6.45, 7) is 0.649. The maximum Gasteiger partial charge on any atom is 0.284 e. The number of hydrogen-bond acceptors (Lipinski definition) is 6. The predicted octanol–water partition coefficient (Wildman–Crippen LogP) is 3.37. The van der Waals surface area contributed by atoms with Crippen molar-refractivity contribution >= 4 is 34.0 Å². The van der Waals surface area contributed by atoms with Crippen LogP contribution < -0.4 is 10.5 Å². The Bertz CT molecular complexity index is 1650. The molecule has 1 N–H and O–H groups in total. The fourth-order valence-corrected chi connectivity index (χ4v) is 4.49. The molecule has 11 heteroatoms. The van der Waals surface area contributed by atoms with E-state index in [-0.39, 0.29) is 22.1 Å². The third-order valence-corrected chi connectivity index (χ3v) is 6.21. The van der Waals surface area contributed by atoms with E-state index in [1.165, 1.54) is 39.7 Å². The quantitative estimate of drug-likeness (QED) is 0.442. The summed E-state index contributed by atoms with van der Waals surface area (Å²) in [5.41, 5.74) is 1.34. The van der Waals surface area contributed by atoms with Crippen LogP contribution in [0, 0.1) is 17.1 Å². The van der Waals surface area contributed by atoms with Gasteiger partial charge >= 0.3 is 0 Å². The van der Waals surface area contributed by atoms with Gasteiger partial charge in [-0.05, 0) is 36.8 Å². The molecule has 0 radical (unpaired) electrons. The average Bonchev–Trinajstić information content (AvgIpc) is 3.38. The van der Waals surface area contributed by atoms with E-state index in [1.54, 1.807) is 18.5 Å². The van der Waals surface area contributed by atoms with Crippen LogP contribution in [0.3, 0.4) is 0 Å². The molecule has 9 nitrogen and oxygen atoms in total. The van der Waals surface area contributed by atoms with Crippen LogP contribution in [0.15, 0.2) is 53.8 Å². The molecule has 1 aliphatic heterocycles. The minimum absolute atomic E-state index is 0.234. The maximum atomic E-state index is 13.6. The highest BCUT2D eigenvalue weighted by Crippen LogP contribution is 2.39. The number of nitriles is 1. The van der Waals surface area contributed by atoms with E-state index < -0.39 is 5.82 Å². The van der Waals surface area contributed by atoms with Crippen LogP contribution in [-0.4, -0.2) is 35.7 Å². The van der Waals surface area contributed by atoms with Crippen LogP contribution in [0.4, 0.5) is 10.2 Å². The smallest absolute Gasteiger partial charge is 0.284 e. The minimum atomic E-state index is -0.409. The van der Waals surface area contributed by atoms with E-state index in [2.05, 4.69) is 21.0 Å². The Hall–Kier alpha value is -4.23. The number of rotatable bonds is 3. The Balaban J connectivity index is 1.57. The van der Waals surface area contributed by atoms with Gasteiger partial charge in [0.05, 0.1) is 27.7 Å². The number of nitrogens with one attached hydrogen (secondary N) is 1. The number of aromatic amines is 1. The molecule has 0 aliphatic carbocycles. The molecule has 0 spiro atoms. The fourth-order valence-electron chi connectivity index (χ4n) is 4.26. The molecule has 1 aliphatic rings. The maximum absolute atomic E-state index is 13.6. The molecule has 5 aromatic rings. The molecule has 33 heavy (non-hydrogen) atoms. The van der Waals surface area contributed by atoms with Crippen molar-refractivity contribution in [2.75, 3.05) is 11.4 Å². The summed E-state index contributed by atoms with van der Waals surface area (Å²) in [6, 6.07) is 9.10. The third-order valence-electron chi connectivity index (χ3n) is 5.91. The predicted molar refractivity (Wildman–Crippen MR) is 119 cm³/mol. The average molecular weight is 461 g/mol. The van der Waals surface area contributed by atoms with Gasteiger partial charge < -0.3 is 9.88 Å². The summed E-state index contributed by atoms with van der Waals surface area (Å²) in [7, 11) is 0. The number of fused-ring (bicyclic) bond motifs is 2. The lowest BCUT2D eigenvalue weighted by Gasteiger charge is -2.42. The number of anilines is 1. The van der Waals surface area contributed by atoms with E-state index >= 15 is 0 Å². The molecule has 1 fully saturated rings. The van der Waals surface area contributed by atoms with Crippen molar-refractivity contribution < 1.29 is 4.39 Å². The topological polar surface area (TPSA) is 108 Å². The lowest BCUT2D eigenvalue weighted by Crippen LogP contribution is -2.45. The minimum Gasteiger partial charge on any atom is -0.345 e. The number of H-pyrrole nitrogens is 1. The number of benzene rings is 1. The number of hydrogen-bond donors (Lipinski definition) is 1. The number of aromatic nitrogens is 6. The molecule has 0 amide bonds. The molecule has 0 saturated carbocycles. The molecule has 1 aromatic carbocycles. The van der Waals surface area contributed by atoms with Gasteiger partial charge in [0.15, 0.2) is 5.82 Å². The standard InChI is InChI=1S/C22H14ClFN8O/c23-15-5-8-31-18(15)22(33)32(14-3-1-13(24)2-4-14)20(29-31)16-6-7-30(16)21-17-12(9-25)10-26-19(17)27-11-28-21/h1-5,8,10-11,16H,6-7H2,(H,26,27,28)/t16-/m0/s1. The van der Waals surface area contributed by atoms with E-state index in [4.69, 9.17) is 16.7 Å². The summed E-state index contributed by atoms with van der Waals surface area (Å²) >= 11 is 6.26. The second-order valence-corrected chi connectivity index (χ2v) is 8.07. The van der Waals surface area contributed by atoms with Crippen LogP contribution in [0.2, 0.25) is 5.02 Å². The fraction of sp³-hybridized carbons (Fsp3) is 0.136. The summed E-state index contributed by atoms with van der Waals surface area (Å²) in [4.78, 5) is 27.1. The molecular weight excluding hydrogens is 447 g/mol. The molecule has 4 aromatic heterocycles. The second-order valence-electron chi connectivity index (χ2n) is 7.66. The van der Waals surface area contributed by atoms with Gasteiger partial charge in [-0.3, -0.25) is 9.36 Å². The van der Waals surface area contributed by atoms with Gasteiger partial charge in [0.25, 0.3) is 5.56 Å². The SMILES string of the molecule is N#Cc1c[nH]c2ncnc(N3CC[C@H]3c3nn4ccc(Cl)c4c(=O)n3-c3ccc(F)cc3)c12. The molecule has 162 valence electrons. The summed E-state index contributed by atoms with van der Waals surface area (Å²) < 4.78 is 16.5. The zero-order valence-electron chi connectivity index (χ0n) is 16.9. The van der Waals surface area contributed by atoms with Crippen LogP contribution in [0.5, 0.6) is 0 Å². The molecular formula is C22H14ClFN8O. The molecule has 1 atom stereocenters. The van der Waals surface area contributed by atoms with Gasteiger partial charge in [-0.2, -0.15) is 10.4 Å². The number of nitrogens with zero attached hydrogens (tertiary/aromatic N) is 7. The zero-order valence-corrected chi connectivity index (χ0v) is 17.7. The van der Waals surface area contributed by atoms with Crippen LogP contribution in [-0.2, 0) is 0 Å². The molecule has 5 heterocycles. The highest BCUT2D eigenvalue weighted by molar-refractivity contribution is 6.33. The van der Waals surface area contributed by atoms with E-state index in [1.807, 2.05) is 4.90 Å². The van der Waals surface area contributed by atoms with Crippen molar-refractivity contribution in [2.45, 2.75) is 12.5 Å². The first-order valence-electron chi connectivity index (χ1n) is 10.1. The van der Waals surface area contributed by atoms with Crippen molar-refractivity contribution in [1.82, 2.24) is 29.1 Å².